The van der Waals surface area contributed by atoms with Gasteiger partial charge in [0.05, 0.1) is 17.9 Å². The van der Waals surface area contributed by atoms with Crippen molar-refractivity contribution in [1.82, 2.24) is 0 Å². The van der Waals surface area contributed by atoms with Gasteiger partial charge in [0, 0.05) is 5.02 Å². The van der Waals surface area contributed by atoms with E-state index in [1.54, 1.807) is 0 Å². The zero-order valence-corrected chi connectivity index (χ0v) is 14.2. The summed E-state index contributed by atoms with van der Waals surface area (Å²) in [6.07, 6.45) is 1.55. The Morgan fingerprint density at radius 3 is 2.48 bits per heavy atom. The molecule has 0 aliphatic carbocycles. The lowest BCUT2D eigenvalue weighted by atomic mass is 10.1. The summed E-state index contributed by atoms with van der Waals surface area (Å²) in [5.41, 5.74) is -0.681. The number of anilines is 1. The number of carbonyl (C=O) groups excluding carboxylic acids is 2. The van der Waals surface area contributed by atoms with Crippen LogP contribution < -0.4 is 5.32 Å². The van der Waals surface area contributed by atoms with Crippen molar-refractivity contribution in [2.45, 2.75) is 19.8 Å². The number of amides is 1. The van der Waals surface area contributed by atoms with E-state index in [-0.39, 0.29) is 22.9 Å². The average molecular weight is 368 g/mol. The number of carbonyl (C=O) groups is 2. The molecule has 0 spiro atoms. The Morgan fingerprint density at radius 1 is 1.16 bits per heavy atom. The third-order valence-electron chi connectivity index (χ3n) is 3.37. The number of benzene rings is 2. The van der Waals surface area contributed by atoms with Gasteiger partial charge >= 0.3 is 5.97 Å². The van der Waals surface area contributed by atoms with Crippen molar-refractivity contribution in [3.8, 4) is 0 Å². The van der Waals surface area contributed by atoms with Crippen molar-refractivity contribution in [2.75, 3.05) is 11.9 Å². The predicted molar refractivity (Wildman–Crippen MR) is 91.0 cm³/mol. The lowest BCUT2D eigenvalue weighted by molar-refractivity contribution is 0.0501. The number of unbranched alkanes of at least 4 members (excludes halogenated alkanes) is 1. The number of esters is 1. The summed E-state index contributed by atoms with van der Waals surface area (Å²) in [5.74, 6) is -3.70. The van der Waals surface area contributed by atoms with E-state index in [4.69, 9.17) is 16.3 Å². The highest BCUT2D eigenvalue weighted by Gasteiger charge is 2.20. The Balaban J connectivity index is 2.28. The minimum Gasteiger partial charge on any atom is -0.462 e. The molecule has 0 atom stereocenters. The van der Waals surface area contributed by atoms with Crippen LogP contribution in [0.25, 0.3) is 0 Å². The van der Waals surface area contributed by atoms with Gasteiger partial charge in [-0.15, -0.1) is 0 Å². The predicted octanol–water partition coefficient (Wildman–Crippen LogP) is 4.83. The summed E-state index contributed by atoms with van der Waals surface area (Å²) >= 11 is 5.89. The summed E-state index contributed by atoms with van der Waals surface area (Å²) in [5, 5.41) is 2.56. The van der Waals surface area contributed by atoms with Crippen LogP contribution in [0, 0.1) is 11.6 Å². The van der Waals surface area contributed by atoms with E-state index < -0.39 is 29.1 Å². The molecule has 1 N–H and O–H groups in total. The maximum atomic E-state index is 13.7. The van der Waals surface area contributed by atoms with Crippen molar-refractivity contribution in [3.63, 3.8) is 0 Å². The minimum absolute atomic E-state index is 0.0154. The molecule has 2 aromatic rings. The first-order valence-corrected chi connectivity index (χ1v) is 8.04. The van der Waals surface area contributed by atoms with Crippen molar-refractivity contribution >= 4 is 29.2 Å². The van der Waals surface area contributed by atoms with Crippen LogP contribution in [-0.2, 0) is 4.74 Å². The molecule has 0 bridgehead atoms. The first-order chi connectivity index (χ1) is 11.9. The highest BCUT2D eigenvalue weighted by atomic mass is 35.5. The molecule has 132 valence electrons. The number of ether oxygens (including phenoxy) is 1. The van der Waals surface area contributed by atoms with Gasteiger partial charge in [0.1, 0.15) is 17.2 Å². The van der Waals surface area contributed by atoms with E-state index >= 15 is 0 Å². The number of halogens is 3. The highest BCUT2D eigenvalue weighted by molar-refractivity contribution is 6.31. The summed E-state index contributed by atoms with van der Waals surface area (Å²) in [6, 6.07) is 7.24. The molecular formula is C18H16ClF2NO3. The molecule has 0 heterocycles. The molecule has 2 aromatic carbocycles. The standard InChI is InChI=1S/C18H16ClF2NO3/c1-2-3-9-25-18(24)12-8-7-11(19)10-15(12)22-17(23)16-13(20)5-4-6-14(16)21/h4-8,10H,2-3,9H2,1H3,(H,22,23). The van der Waals surface area contributed by atoms with Gasteiger partial charge in [-0.25, -0.2) is 13.6 Å². The van der Waals surface area contributed by atoms with Gasteiger partial charge in [0.15, 0.2) is 0 Å². The molecule has 0 aliphatic heterocycles. The molecule has 0 radical (unpaired) electrons. The van der Waals surface area contributed by atoms with E-state index in [0.717, 1.165) is 24.6 Å². The molecule has 0 saturated carbocycles. The quantitative estimate of drug-likeness (QED) is 0.587. The maximum Gasteiger partial charge on any atom is 0.340 e. The fourth-order valence-corrected chi connectivity index (χ4v) is 2.26. The topological polar surface area (TPSA) is 55.4 Å². The summed E-state index contributed by atoms with van der Waals surface area (Å²) in [7, 11) is 0. The largest absolute Gasteiger partial charge is 0.462 e. The first kappa shape index (κ1) is 18.9. The van der Waals surface area contributed by atoms with Crippen LogP contribution in [0.5, 0.6) is 0 Å². The zero-order chi connectivity index (χ0) is 18.4. The minimum atomic E-state index is -1.03. The molecule has 0 aromatic heterocycles. The van der Waals surface area contributed by atoms with E-state index in [0.29, 0.717) is 6.42 Å². The van der Waals surface area contributed by atoms with Crippen molar-refractivity contribution in [3.05, 3.63) is 64.2 Å². The van der Waals surface area contributed by atoms with Gasteiger partial charge in [0.2, 0.25) is 0 Å². The Kier molecular flexibility index (Phi) is 6.47. The maximum absolute atomic E-state index is 13.7. The van der Waals surface area contributed by atoms with Crippen LogP contribution in [0.4, 0.5) is 14.5 Å². The molecule has 1 amide bonds. The van der Waals surface area contributed by atoms with E-state index in [9.17, 15) is 18.4 Å². The number of nitrogens with one attached hydrogen (secondary N) is 1. The SMILES string of the molecule is CCCCOC(=O)c1ccc(Cl)cc1NC(=O)c1c(F)cccc1F. The first-order valence-electron chi connectivity index (χ1n) is 7.66. The van der Waals surface area contributed by atoms with Crippen LogP contribution in [0.2, 0.25) is 5.02 Å². The summed E-state index contributed by atoms with van der Waals surface area (Å²) in [4.78, 5) is 24.4. The average Bonchev–Trinajstić information content (AvgIpc) is 2.55. The third kappa shape index (κ3) is 4.76. The molecule has 2 rings (SSSR count). The van der Waals surface area contributed by atoms with Crippen molar-refractivity contribution in [2.24, 2.45) is 0 Å². The fraction of sp³-hybridized carbons (Fsp3) is 0.222. The highest BCUT2D eigenvalue weighted by Crippen LogP contribution is 2.24. The van der Waals surface area contributed by atoms with Gasteiger partial charge in [-0.2, -0.15) is 0 Å². The van der Waals surface area contributed by atoms with Crippen LogP contribution in [0.3, 0.4) is 0 Å². The molecule has 7 heteroatoms. The molecular weight excluding hydrogens is 352 g/mol. The van der Waals surface area contributed by atoms with Crippen LogP contribution >= 0.6 is 11.6 Å². The normalized spacial score (nSPS) is 10.4. The zero-order valence-electron chi connectivity index (χ0n) is 13.4. The molecule has 0 fully saturated rings. The smallest absolute Gasteiger partial charge is 0.340 e. The molecule has 25 heavy (non-hydrogen) atoms. The Morgan fingerprint density at radius 2 is 1.84 bits per heavy atom. The van der Waals surface area contributed by atoms with Crippen molar-refractivity contribution < 1.29 is 23.1 Å². The van der Waals surface area contributed by atoms with Crippen LogP contribution in [-0.4, -0.2) is 18.5 Å². The fourth-order valence-electron chi connectivity index (χ4n) is 2.08. The number of rotatable bonds is 6. The van der Waals surface area contributed by atoms with Gasteiger partial charge in [-0.05, 0) is 36.8 Å². The monoisotopic (exact) mass is 367 g/mol. The molecule has 0 saturated heterocycles. The van der Waals surface area contributed by atoms with Gasteiger partial charge < -0.3 is 10.1 Å². The summed E-state index contributed by atoms with van der Waals surface area (Å²) in [6.45, 7) is 2.18. The third-order valence-corrected chi connectivity index (χ3v) is 3.61. The van der Waals surface area contributed by atoms with E-state index in [2.05, 4.69) is 5.32 Å². The van der Waals surface area contributed by atoms with E-state index in [1.807, 2.05) is 6.92 Å². The van der Waals surface area contributed by atoms with E-state index in [1.165, 1.54) is 18.2 Å². The Labute approximate surface area is 148 Å². The van der Waals surface area contributed by atoms with Crippen molar-refractivity contribution in [1.29, 1.82) is 0 Å². The number of hydrogen-bond donors (Lipinski definition) is 1. The lowest BCUT2D eigenvalue weighted by Crippen LogP contribution is -2.18. The second-order valence-electron chi connectivity index (χ2n) is 5.23. The van der Waals surface area contributed by atoms with Gasteiger partial charge in [-0.3, -0.25) is 4.79 Å². The second kappa shape index (κ2) is 8.58. The molecule has 0 unspecified atom stereocenters. The van der Waals surface area contributed by atoms with Crippen LogP contribution in [0.15, 0.2) is 36.4 Å². The van der Waals surface area contributed by atoms with Gasteiger partial charge in [-0.1, -0.05) is 31.0 Å². The molecule has 0 aliphatic rings. The van der Waals surface area contributed by atoms with Crippen LogP contribution in [0.1, 0.15) is 40.5 Å². The van der Waals surface area contributed by atoms with Gasteiger partial charge in [0.25, 0.3) is 5.91 Å². The second-order valence-corrected chi connectivity index (χ2v) is 5.67. The number of hydrogen-bond acceptors (Lipinski definition) is 3. The summed E-state index contributed by atoms with van der Waals surface area (Å²) < 4.78 is 32.6. The Hall–Kier alpha value is -2.47. The molecule has 4 nitrogen and oxygen atoms in total. The lowest BCUT2D eigenvalue weighted by Gasteiger charge is -2.12. The Bertz CT molecular complexity index is 776.